The Hall–Kier alpha value is -6.85. The molecule has 6 amide bonds. The number of likely N-dealkylation sites (tertiary alicyclic amines) is 1. The van der Waals surface area contributed by atoms with Crippen molar-refractivity contribution in [3.8, 4) is 11.3 Å². The van der Waals surface area contributed by atoms with Gasteiger partial charge in [0.15, 0.2) is 5.84 Å². The number of likely N-dealkylation sites (N-methyl/N-ethyl adjacent to an activating group) is 1. The topological polar surface area (TPSA) is 292 Å². The summed E-state index contributed by atoms with van der Waals surface area (Å²) >= 11 is 11.7. The van der Waals surface area contributed by atoms with Gasteiger partial charge in [0.25, 0.3) is 23.6 Å². The van der Waals surface area contributed by atoms with Crippen molar-refractivity contribution < 1.29 is 79.9 Å². The van der Waals surface area contributed by atoms with Gasteiger partial charge < -0.3 is 45.5 Å². The monoisotopic (exact) mass is 1110 g/mol. The molecule has 0 bridgehead atoms. The molecule has 3 aliphatic heterocycles. The van der Waals surface area contributed by atoms with Crippen molar-refractivity contribution in [3.05, 3.63) is 98.7 Å². The number of aliphatic hydroxyl groups excluding tert-OH is 2. The number of carbonyl (C=O) groups is 6. The van der Waals surface area contributed by atoms with Crippen LogP contribution in [0.4, 0.5) is 27.6 Å². The van der Waals surface area contributed by atoms with E-state index in [0.717, 1.165) is 44.9 Å². The van der Waals surface area contributed by atoms with Gasteiger partial charge in [-0.15, -0.1) is 5.10 Å². The SMILES string of the molecule is CC(N)=NC(=Nc1cc(Cl)ccc1C(F)(F)F)[C@@H]1O[C@H](CO)[C@H](O)[C@H](n2cc(-c3cc(F)c(Cl)c(F)c3)nn2)[C@H]1OCC(=O)NCCOCCOCCNC(=O)c1ccc2c(c1)C(=O)N(C1CCC(=O)N(C)C1=O)C2=O. The third kappa shape index (κ3) is 12.9. The molecule has 3 aromatic carbocycles. The highest BCUT2D eigenvalue weighted by molar-refractivity contribution is 6.31. The largest absolute Gasteiger partial charge is 0.418 e. The molecule has 0 saturated carbocycles. The summed E-state index contributed by atoms with van der Waals surface area (Å²) in [7, 11) is 1.28. The summed E-state index contributed by atoms with van der Waals surface area (Å²) in [6.07, 6.45) is -10.6. The first kappa shape index (κ1) is 56.9. The number of amides is 6. The Morgan fingerprint density at radius 3 is 2.28 bits per heavy atom. The highest BCUT2D eigenvalue weighted by atomic mass is 35.5. The van der Waals surface area contributed by atoms with E-state index in [-0.39, 0.29) is 91.2 Å². The van der Waals surface area contributed by atoms with E-state index in [1.54, 1.807) is 0 Å². The van der Waals surface area contributed by atoms with Crippen LogP contribution in [0.3, 0.4) is 0 Å². The molecule has 3 aliphatic rings. The minimum absolute atomic E-state index is 0.0118. The van der Waals surface area contributed by atoms with Gasteiger partial charge >= 0.3 is 6.18 Å². The van der Waals surface area contributed by atoms with Gasteiger partial charge in [0.1, 0.15) is 65.5 Å². The Morgan fingerprint density at radius 1 is 0.947 bits per heavy atom. The Morgan fingerprint density at radius 2 is 1.62 bits per heavy atom. The number of nitrogens with one attached hydrogen (secondary N) is 2. The van der Waals surface area contributed by atoms with E-state index in [9.17, 15) is 60.9 Å². The molecular formula is C47H47Cl2F5N10O12. The molecule has 7 rings (SSSR count). The number of fused-ring (bicyclic) bond motifs is 1. The third-order valence-corrected chi connectivity index (χ3v) is 12.6. The number of imide groups is 2. The van der Waals surface area contributed by atoms with Gasteiger partial charge in [-0.05, 0) is 61.9 Å². The van der Waals surface area contributed by atoms with Crippen LogP contribution in [-0.2, 0) is 39.5 Å². The Bertz CT molecular complexity index is 2940. The number of nitrogens with zero attached hydrogens (tertiary/aromatic N) is 7. The second-order valence-corrected chi connectivity index (χ2v) is 18.0. The summed E-state index contributed by atoms with van der Waals surface area (Å²) in [6.45, 7) is -0.391. The molecule has 4 heterocycles. The summed E-state index contributed by atoms with van der Waals surface area (Å²) in [5, 5.41) is 34.2. The maximum absolute atomic E-state index is 14.5. The van der Waals surface area contributed by atoms with Crippen molar-refractivity contribution in [2.24, 2.45) is 15.7 Å². The predicted molar refractivity (Wildman–Crippen MR) is 256 cm³/mol. The van der Waals surface area contributed by atoms with E-state index in [1.807, 2.05) is 0 Å². The van der Waals surface area contributed by atoms with Crippen LogP contribution in [0.1, 0.15) is 62.4 Å². The van der Waals surface area contributed by atoms with Crippen molar-refractivity contribution in [2.75, 3.05) is 59.8 Å². The number of rotatable bonds is 19. The highest BCUT2D eigenvalue weighted by Gasteiger charge is 2.50. The first-order chi connectivity index (χ1) is 36.1. The minimum atomic E-state index is -4.95. The predicted octanol–water partition coefficient (Wildman–Crippen LogP) is 3.03. The molecule has 6 atom stereocenters. The highest BCUT2D eigenvalue weighted by Crippen LogP contribution is 2.40. The molecule has 76 heavy (non-hydrogen) atoms. The van der Waals surface area contributed by atoms with Crippen LogP contribution in [0.2, 0.25) is 10.0 Å². The number of halogens is 7. The Balaban J connectivity index is 0.947. The van der Waals surface area contributed by atoms with Gasteiger partial charge in [0.2, 0.25) is 11.8 Å². The molecule has 29 heteroatoms. The molecule has 406 valence electrons. The second-order valence-electron chi connectivity index (χ2n) is 17.2. The molecule has 2 saturated heterocycles. The van der Waals surface area contributed by atoms with Crippen LogP contribution in [0, 0.1) is 11.6 Å². The number of ether oxygens (including phenoxy) is 4. The van der Waals surface area contributed by atoms with Gasteiger partial charge in [-0.3, -0.25) is 38.6 Å². The van der Waals surface area contributed by atoms with Gasteiger partial charge in [-0.1, -0.05) is 28.4 Å². The molecule has 1 unspecified atom stereocenters. The number of hydrogen-bond acceptors (Lipinski definition) is 15. The molecule has 6 N–H and O–H groups in total. The number of piperidine rings is 1. The van der Waals surface area contributed by atoms with Crippen LogP contribution in [0.25, 0.3) is 11.3 Å². The molecular weight excluding hydrogens is 1060 g/mol. The first-order valence-corrected chi connectivity index (χ1v) is 23.8. The lowest BCUT2D eigenvalue weighted by molar-refractivity contribution is -0.200. The standard InChI is InChI=1S/C47H47Cl2F5N10O12/c1-22(55)58-42(59-31-18-25(48)4-6-28(31)47(52,53)54)41-40(38(39(68)34(20-65)76-41)63-19-32(60-61-63)24-16-29(50)37(49)30(51)17-24)75-21-35(66)56-9-11-73-13-14-74-12-10-57-43(69)23-3-5-26-27(15-23)45(71)64(44(26)70)33-7-8-36(67)62(2)46(33)72/h3-6,15-19,33-34,38-41,65,68H,7-14,20-21H2,1-2H3,(H,56,66)(H,57,69)(H2,55,58,59)/t33?,34-,38+,39+,40-,41-/m1/s1. The summed E-state index contributed by atoms with van der Waals surface area (Å²) in [5.74, 6) is -6.99. The number of aliphatic hydroxyl groups is 2. The zero-order valence-electron chi connectivity index (χ0n) is 40.1. The van der Waals surface area contributed by atoms with Crippen LogP contribution in [0.5, 0.6) is 0 Å². The zero-order chi connectivity index (χ0) is 55.2. The van der Waals surface area contributed by atoms with Crippen molar-refractivity contribution in [1.82, 2.24) is 35.4 Å². The van der Waals surface area contributed by atoms with E-state index in [2.05, 4.69) is 30.9 Å². The number of aliphatic imine (C=N–C) groups is 2. The summed E-state index contributed by atoms with van der Waals surface area (Å²) < 4.78 is 95.7. The number of nitrogens with two attached hydrogens (primary N) is 1. The number of amidine groups is 2. The number of benzene rings is 3. The van der Waals surface area contributed by atoms with Crippen LogP contribution in [0.15, 0.2) is 64.7 Å². The fourth-order valence-electron chi connectivity index (χ4n) is 8.31. The molecule has 0 spiro atoms. The van der Waals surface area contributed by atoms with Crippen LogP contribution < -0.4 is 16.4 Å². The molecule has 0 aliphatic carbocycles. The first-order valence-electron chi connectivity index (χ1n) is 23.0. The van der Waals surface area contributed by atoms with Crippen molar-refractivity contribution in [2.45, 2.75) is 62.4 Å². The lowest BCUT2D eigenvalue weighted by atomic mass is 9.91. The van der Waals surface area contributed by atoms with E-state index in [0.29, 0.717) is 6.07 Å². The van der Waals surface area contributed by atoms with E-state index in [1.165, 1.54) is 32.2 Å². The Kier molecular flexibility index (Phi) is 18.3. The van der Waals surface area contributed by atoms with Crippen LogP contribution in [-0.4, -0.2) is 172 Å². The third-order valence-electron chi connectivity index (χ3n) is 12.0. The fourth-order valence-corrected chi connectivity index (χ4v) is 8.59. The van der Waals surface area contributed by atoms with Gasteiger partial charge in [-0.2, -0.15) is 13.2 Å². The molecule has 1 aromatic heterocycles. The fraction of sp³-hybridized carbons (Fsp3) is 0.404. The van der Waals surface area contributed by atoms with Gasteiger partial charge in [0.05, 0.1) is 67.4 Å². The van der Waals surface area contributed by atoms with Crippen molar-refractivity contribution in [3.63, 3.8) is 0 Å². The van der Waals surface area contributed by atoms with E-state index >= 15 is 0 Å². The normalized spacial score (nSPS) is 21.4. The summed E-state index contributed by atoms with van der Waals surface area (Å²) in [4.78, 5) is 87.0. The van der Waals surface area contributed by atoms with E-state index < -0.39 is 125 Å². The zero-order valence-corrected chi connectivity index (χ0v) is 41.6. The maximum atomic E-state index is 14.5. The quantitative estimate of drug-likeness (QED) is 0.0225. The Labute approximate surface area is 437 Å². The second kappa shape index (κ2) is 24.4. The lowest BCUT2D eigenvalue weighted by Gasteiger charge is -2.43. The molecule has 2 fully saturated rings. The minimum Gasteiger partial charge on any atom is -0.394 e. The van der Waals surface area contributed by atoms with Gasteiger partial charge in [-0.25, -0.2) is 23.4 Å². The average Bonchev–Trinajstić information content (AvgIpc) is 3.95. The van der Waals surface area contributed by atoms with Crippen molar-refractivity contribution >= 4 is 76.0 Å². The number of carbonyl (C=O) groups excluding carboxylic acids is 6. The number of aromatic nitrogens is 3. The molecule has 0 radical (unpaired) electrons. The molecule has 22 nitrogen and oxygen atoms in total. The number of hydrogen-bond donors (Lipinski definition) is 5. The average molecular weight is 1110 g/mol. The van der Waals surface area contributed by atoms with Gasteiger partial charge in [0, 0.05) is 42.7 Å². The van der Waals surface area contributed by atoms with Crippen LogP contribution >= 0.6 is 23.2 Å². The number of alkyl halides is 3. The maximum Gasteiger partial charge on any atom is 0.418 e. The lowest BCUT2D eigenvalue weighted by Crippen LogP contribution is -2.59. The summed E-state index contributed by atoms with van der Waals surface area (Å²) in [6, 6.07) is 5.54. The van der Waals surface area contributed by atoms with E-state index in [4.69, 9.17) is 47.9 Å². The molecule has 4 aromatic rings. The smallest absolute Gasteiger partial charge is 0.394 e. The summed E-state index contributed by atoms with van der Waals surface area (Å²) in [5.41, 5.74) is 3.68. The van der Waals surface area contributed by atoms with Crippen molar-refractivity contribution in [1.29, 1.82) is 0 Å².